The first-order chi connectivity index (χ1) is 11.6. The third-order valence-corrected chi connectivity index (χ3v) is 4.14. The predicted octanol–water partition coefficient (Wildman–Crippen LogP) is 2.57. The molecule has 5 heteroatoms. The van der Waals surface area contributed by atoms with Crippen LogP contribution in [0.25, 0.3) is 0 Å². The van der Waals surface area contributed by atoms with Crippen LogP contribution in [0.2, 0.25) is 0 Å². The Morgan fingerprint density at radius 3 is 2.54 bits per heavy atom. The maximum Gasteiger partial charge on any atom is 0.328 e. The Kier molecular flexibility index (Phi) is 7.46. The van der Waals surface area contributed by atoms with E-state index in [4.69, 9.17) is 4.74 Å². The predicted molar refractivity (Wildman–Crippen MR) is 90.4 cm³/mol. The van der Waals surface area contributed by atoms with Gasteiger partial charge in [-0.3, -0.25) is 9.59 Å². The number of esters is 1. The quantitative estimate of drug-likeness (QED) is 0.406. The Morgan fingerprint density at radius 1 is 1.08 bits per heavy atom. The van der Waals surface area contributed by atoms with Crippen molar-refractivity contribution in [2.24, 2.45) is 0 Å². The van der Waals surface area contributed by atoms with Crippen LogP contribution in [0.15, 0.2) is 30.3 Å². The van der Waals surface area contributed by atoms with Crippen LogP contribution in [0.3, 0.4) is 0 Å². The first-order valence-electron chi connectivity index (χ1n) is 8.67. The van der Waals surface area contributed by atoms with Crippen molar-refractivity contribution in [3.05, 3.63) is 35.9 Å². The third kappa shape index (κ3) is 6.52. The van der Waals surface area contributed by atoms with Gasteiger partial charge >= 0.3 is 5.97 Å². The van der Waals surface area contributed by atoms with Gasteiger partial charge in [-0.1, -0.05) is 43.2 Å². The van der Waals surface area contributed by atoms with Crippen LogP contribution in [0.5, 0.6) is 0 Å². The van der Waals surface area contributed by atoms with Gasteiger partial charge in [0.15, 0.2) is 0 Å². The topological polar surface area (TPSA) is 72.5 Å². The summed E-state index contributed by atoms with van der Waals surface area (Å²) < 4.78 is 4.77. The molecule has 5 nitrogen and oxygen atoms in total. The van der Waals surface area contributed by atoms with E-state index >= 15 is 0 Å². The summed E-state index contributed by atoms with van der Waals surface area (Å²) in [4.78, 5) is 34.7. The lowest BCUT2D eigenvalue weighted by atomic mass is 10.0. The zero-order valence-corrected chi connectivity index (χ0v) is 14.0. The molecule has 0 saturated carbocycles. The van der Waals surface area contributed by atoms with E-state index in [1.165, 1.54) is 5.56 Å². The monoisotopic (exact) mass is 331 g/mol. The van der Waals surface area contributed by atoms with Gasteiger partial charge in [0.25, 0.3) is 0 Å². The second-order valence-electron chi connectivity index (χ2n) is 6.19. The lowest BCUT2D eigenvalue weighted by molar-refractivity contribution is -0.142. The van der Waals surface area contributed by atoms with Crippen LogP contribution in [-0.2, 0) is 25.5 Å². The summed E-state index contributed by atoms with van der Waals surface area (Å²) in [7, 11) is 0. The molecule has 24 heavy (non-hydrogen) atoms. The molecule has 0 radical (unpaired) electrons. The van der Waals surface area contributed by atoms with Gasteiger partial charge in [-0.25, -0.2) is 4.79 Å². The number of Topliss-reactive ketones (excluding diaryl/α,β-unsaturated/α-hetero) is 1. The average molecular weight is 331 g/mol. The number of cyclic esters (lactones) is 1. The highest BCUT2D eigenvalue weighted by Crippen LogP contribution is 2.10. The van der Waals surface area contributed by atoms with Gasteiger partial charge < -0.3 is 10.1 Å². The molecular formula is C19H25NO4. The minimum absolute atomic E-state index is 0.0677. The van der Waals surface area contributed by atoms with E-state index in [0.717, 1.165) is 32.1 Å². The fourth-order valence-corrected chi connectivity index (χ4v) is 2.79. The molecule has 1 N–H and O–H groups in total. The van der Waals surface area contributed by atoms with E-state index in [-0.39, 0.29) is 18.1 Å². The van der Waals surface area contributed by atoms with Crippen LogP contribution in [-0.4, -0.2) is 30.3 Å². The molecule has 0 spiro atoms. The summed E-state index contributed by atoms with van der Waals surface area (Å²) in [5.41, 5.74) is 1.34. The lowest BCUT2D eigenvalue weighted by Gasteiger charge is -2.08. The Labute approximate surface area is 142 Å². The molecule has 1 aliphatic rings. The van der Waals surface area contributed by atoms with Gasteiger partial charge in [0, 0.05) is 12.8 Å². The average Bonchev–Trinajstić information content (AvgIpc) is 2.96. The van der Waals surface area contributed by atoms with Gasteiger partial charge in [-0.05, 0) is 24.8 Å². The van der Waals surface area contributed by atoms with E-state index in [0.29, 0.717) is 19.4 Å². The number of ketones is 1. The van der Waals surface area contributed by atoms with Crippen molar-refractivity contribution in [2.45, 2.75) is 57.4 Å². The molecule has 130 valence electrons. The number of nitrogens with one attached hydrogen (secondary N) is 1. The van der Waals surface area contributed by atoms with E-state index in [2.05, 4.69) is 17.4 Å². The van der Waals surface area contributed by atoms with Crippen molar-refractivity contribution in [1.82, 2.24) is 5.32 Å². The van der Waals surface area contributed by atoms with Crippen molar-refractivity contribution >= 4 is 17.7 Å². The van der Waals surface area contributed by atoms with E-state index < -0.39 is 12.0 Å². The number of benzene rings is 1. The summed E-state index contributed by atoms with van der Waals surface area (Å²) in [6.07, 6.45) is 5.84. The molecule has 1 saturated heterocycles. The minimum atomic E-state index is -0.580. The summed E-state index contributed by atoms with van der Waals surface area (Å²) in [5, 5.41) is 2.55. The van der Waals surface area contributed by atoms with Crippen LogP contribution >= 0.6 is 0 Å². The molecule has 1 aromatic carbocycles. The SMILES string of the molecule is O=C(CCCCCCc1ccccc1)CC(=O)N[C@H]1CCOC1=O. The Hall–Kier alpha value is -2.17. The van der Waals surface area contributed by atoms with Gasteiger partial charge in [-0.15, -0.1) is 0 Å². The highest BCUT2D eigenvalue weighted by Gasteiger charge is 2.28. The smallest absolute Gasteiger partial charge is 0.328 e. The minimum Gasteiger partial charge on any atom is -0.464 e. The molecule has 0 bridgehead atoms. The second-order valence-corrected chi connectivity index (χ2v) is 6.19. The normalized spacial score (nSPS) is 16.7. The van der Waals surface area contributed by atoms with Crippen molar-refractivity contribution in [3.8, 4) is 0 Å². The first-order valence-corrected chi connectivity index (χ1v) is 8.67. The van der Waals surface area contributed by atoms with E-state index in [1.54, 1.807) is 0 Å². The Bertz CT molecular complexity index is 556. The number of amides is 1. The Balaban J connectivity index is 1.50. The number of carbonyl (C=O) groups is 3. The number of hydrogen-bond donors (Lipinski definition) is 1. The third-order valence-electron chi connectivity index (χ3n) is 4.14. The molecule has 1 aromatic rings. The van der Waals surface area contributed by atoms with Gasteiger partial charge in [-0.2, -0.15) is 0 Å². The number of carbonyl (C=O) groups excluding carboxylic acids is 3. The van der Waals surface area contributed by atoms with Crippen molar-refractivity contribution in [1.29, 1.82) is 0 Å². The highest BCUT2D eigenvalue weighted by atomic mass is 16.5. The summed E-state index contributed by atoms with van der Waals surface area (Å²) in [6, 6.07) is 9.78. The van der Waals surface area contributed by atoms with Crippen molar-refractivity contribution in [3.63, 3.8) is 0 Å². The van der Waals surface area contributed by atoms with Crippen LogP contribution in [0, 0.1) is 0 Å². The van der Waals surface area contributed by atoms with Crippen molar-refractivity contribution < 1.29 is 19.1 Å². The van der Waals surface area contributed by atoms with Gasteiger partial charge in [0.05, 0.1) is 13.0 Å². The highest BCUT2D eigenvalue weighted by molar-refractivity contribution is 5.99. The summed E-state index contributed by atoms with van der Waals surface area (Å²) in [6.45, 7) is 0.334. The second kappa shape index (κ2) is 9.85. The summed E-state index contributed by atoms with van der Waals surface area (Å²) in [5.74, 6) is -0.857. The fourth-order valence-electron chi connectivity index (χ4n) is 2.79. The standard InChI is InChI=1S/C19H25NO4/c21-16(14-18(22)20-17-12-13-24-19(17)23)11-7-2-1-4-8-15-9-5-3-6-10-15/h3,5-6,9-10,17H,1-2,4,7-8,11-14H2,(H,20,22)/t17-/m0/s1. The molecule has 1 fully saturated rings. The maximum absolute atomic E-state index is 11.8. The van der Waals surface area contributed by atoms with Crippen LogP contribution in [0.4, 0.5) is 0 Å². The van der Waals surface area contributed by atoms with E-state index in [9.17, 15) is 14.4 Å². The van der Waals surface area contributed by atoms with Gasteiger partial charge in [0.2, 0.25) is 5.91 Å². The first kappa shape index (κ1) is 18.2. The zero-order valence-electron chi connectivity index (χ0n) is 14.0. The largest absolute Gasteiger partial charge is 0.464 e. The molecule has 0 unspecified atom stereocenters. The van der Waals surface area contributed by atoms with Gasteiger partial charge in [0.1, 0.15) is 11.8 Å². The molecule has 1 amide bonds. The number of rotatable bonds is 10. The molecule has 1 atom stereocenters. The fraction of sp³-hybridized carbons (Fsp3) is 0.526. The lowest BCUT2D eigenvalue weighted by Crippen LogP contribution is -2.38. The number of aryl methyl sites for hydroxylation is 1. The molecule has 0 aliphatic carbocycles. The molecule has 1 aliphatic heterocycles. The number of hydrogen-bond acceptors (Lipinski definition) is 4. The number of unbranched alkanes of at least 4 members (excludes halogenated alkanes) is 3. The van der Waals surface area contributed by atoms with E-state index in [1.807, 2.05) is 18.2 Å². The Morgan fingerprint density at radius 2 is 1.83 bits per heavy atom. The molecule has 1 heterocycles. The number of ether oxygens (including phenoxy) is 1. The van der Waals surface area contributed by atoms with Crippen LogP contribution in [0.1, 0.15) is 50.5 Å². The van der Waals surface area contributed by atoms with Crippen molar-refractivity contribution in [2.75, 3.05) is 6.61 Å². The summed E-state index contributed by atoms with van der Waals surface area (Å²) >= 11 is 0. The zero-order chi connectivity index (χ0) is 17.2. The van der Waals surface area contributed by atoms with Crippen LogP contribution < -0.4 is 5.32 Å². The molecule has 2 rings (SSSR count). The molecular weight excluding hydrogens is 306 g/mol. The molecule has 0 aromatic heterocycles. The maximum atomic E-state index is 11.8.